The van der Waals surface area contributed by atoms with Gasteiger partial charge in [-0.05, 0) is 26.0 Å². The molecule has 0 radical (unpaired) electrons. The third-order valence-electron chi connectivity index (χ3n) is 3.37. The monoisotopic (exact) mass is 232 g/mol. The summed E-state index contributed by atoms with van der Waals surface area (Å²) in [4.78, 5) is 4.52. The van der Waals surface area contributed by atoms with Crippen LogP contribution in [-0.4, -0.2) is 27.8 Å². The van der Waals surface area contributed by atoms with Gasteiger partial charge in [-0.25, -0.2) is 0 Å². The van der Waals surface area contributed by atoms with Crippen molar-refractivity contribution in [2.75, 3.05) is 13.1 Å². The van der Waals surface area contributed by atoms with Crippen molar-refractivity contribution in [3.05, 3.63) is 36.2 Å². The van der Waals surface area contributed by atoms with Crippen LogP contribution in [0.4, 0.5) is 0 Å². The van der Waals surface area contributed by atoms with E-state index in [1.165, 1.54) is 0 Å². The zero-order valence-electron chi connectivity index (χ0n) is 10.1. The first-order valence-corrected chi connectivity index (χ1v) is 5.86. The molecular weight excluding hydrogens is 216 g/mol. The van der Waals surface area contributed by atoms with Gasteiger partial charge < -0.3 is 14.4 Å². The number of nitrogens with zero attached hydrogens (tertiary/aromatic N) is 3. The highest BCUT2D eigenvalue weighted by Crippen LogP contribution is 2.25. The van der Waals surface area contributed by atoms with E-state index in [-0.39, 0.29) is 5.54 Å². The van der Waals surface area contributed by atoms with Crippen LogP contribution in [0.25, 0.3) is 0 Å². The van der Waals surface area contributed by atoms with Crippen LogP contribution in [0.5, 0.6) is 0 Å². The quantitative estimate of drug-likeness (QED) is 0.867. The molecule has 0 atom stereocenters. The van der Waals surface area contributed by atoms with Crippen molar-refractivity contribution < 1.29 is 4.52 Å². The Labute approximate surface area is 99.8 Å². The molecule has 5 heteroatoms. The summed E-state index contributed by atoms with van der Waals surface area (Å²) in [6, 6.07) is 4.00. The van der Waals surface area contributed by atoms with Gasteiger partial charge in [0.15, 0.2) is 5.82 Å². The van der Waals surface area contributed by atoms with Crippen molar-refractivity contribution in [2.45, 2.75) is 25.3 Å². The van der Waals surface area contributed by atoms with Gasteiger partial charge in [-0.3, -0.25) is 0 Å². The maximum Gasteiger partial charge on any atom is 0.232 e. The summed E-state index contributed by atoms with van der Waals surface area (Å²) in [6.07, 6.45) is 4.03. The molecule has 5 nitrogen and oxygen atoms in total. The highest BCUT2D eigenvalue weighted by atomic mass is 16.5. The Morgan fingerprint density at radius 3 is 2.65 bits per heavy atom. The summed E-state index contributed by atoms with van der Waals surface area (Å²) < 4.78 is 7.42. The zero-order valence-corrected chi connectivity index (χ0v) is 10.1. The summed E-state index contributed by atoms with van der Waals surface area (Å²) in [5.74, 6) is 1.87. The van der Waals surface area contributed by atoms with E-state index in [4.69, 9.17) is 4.52 Å². The van der Waals surface area contributed by atoms with Crippen LogP contribution in [0.15, 0.2) is 29.0 Å². The van der Waals surface area contributed by atoms with Crippen LogP contribution >= 0.6 is 0 Å². The average Bonchev–Trinajstić information content (AvgIpc) is 2.85. The number of nitrogens with one attached hydrogen (secondary N) is 1. The van der Waals surface area contributed by atoms with Crippen molar-refractivity contribution in [1.29, 1.82) is 0 Å². The lowest BCUT2D eigenvalue weighted by atomic mass is 10.0. The maximum atomic E-state index is 5.34. The van der Waals surface area contributed by atoms with Gasteiger partial charge in [0.1, 0.15) is 5.54 Å². The topological polar surface area (TPSA) is 55.9 Å². The van der Waals surface area contributed by atoms with E-state index in [0.717, 1.165) is 24.8 Å². The Balaban J connectivity index is 1.90. The highest BCUT2D eigenvalue weighted by Gasteiger charge is 2.31. The van der Waals surface area contributed by atoms with E-state index in [9.17, 15) is 0 Å². The second kappa shape index (κ2) is 3.70. The fourth-order valence-electron chi connectivity index (χ4n) is 1.94. The molecule has 3 rings (SSSR count). The molecule has 0 bridgehead atoms. The summed E-state index contributed by atoms with van der Waals surface area (Å²) in [7, 11) is 0. The van der Waals surface area contributed by atoms with Crippen LogP contribution < -0.4 is 5.32 Å². The Bertz CT molecular complexity index is 496. The Hall–Kier alpha value is -1.62. The van der Waals surface area contributed by atoms with Crippen LogP contribution in [0.2, 0.25) is 0 Å². The summed E-state index contributed by atoms with van der Waals surface area (Å²) in [5, 5.41) is 7.31. The molecule has 0 amide bonds. The smallest absolute Gasteiger partial charge is 0.232 e. The standard InChI is InChI=1S/C12H16N4O/c1-12(2,16-5-3-4-6-16)11-14-10(17-15-11)9-7-13-8-9/h3-6,9,13H,7-8H2,1-2H3. The van der Waals surface area contributed by atoms with Gasteiger partial charge in [0, 0.05) is 25.5 Å². The van der Waals surface area contributed by atoms with E-state index < -0.39 is 0 Å². The fraction of sp³-hybridized carbons (Fsp3) is 0.500. The molecule has 1 N–H and O–H groups in total. The number of aromatic nitrogens is 3. The molecule has 17 heavy (non-hydrogen) atoms. The van der Waals surface area contributed by atoms with Gasteiger partial charge in [0.2, 0.25) is 5.89 Å². The molecular formula is C12H16N4O. The largest absolute Gasteiger partial charge is 0.341 e. The average molecular weight is 232 g/mol. The summed E-state index contributed by atoms with van der Waals surface area (Å²) in [6.45, 7) is 6.04. The first kappa shape index (κ1) is 10.5. The number of hydrogen-bond acceptors (Lipinski definition) is 4. The van der Waals surface area contributed by atoms with Gasteiger partial charge in [0.25, 0.3) is 0 Å². The number of hydrogen-bond donors (Lipinski definition) is 1. The first-order chi connectivity index (χ1) is 8.18. The van der Waals surface area contributed by atoms with Crippen molar-refractivity contribution in [3.8, 4) is 0 Å². The molecule has 1 fully saturated rings. The van der Waals surface area contributed by atoms with E-state index in [1.54, 1.807) is 0 Å². The lowest BCUT2D eigenvalue weighted by Crippen LogP contribution is -2.40. The highest BCUT2D eigenvalue weighted by molar-refractivity contribution is 5.10. The molecule has 2 aromatic heterocycles. The Morgan fingerprint density at radius 1 is 1.35 bits per heavy atom. The lowest BCUT2D eigenvalue weighted by Gasteiger charge is -2.24. The van der Waals surface area contributed by atoms with Gasteiger partial charge in [-0.2, -0.15) is 4.98 Å². The van der Waals surface area contributed by atoms with Crippen molar-refractivity contribution in [1.82, 2.24) is 20.0 Å². The number of rotatable bonds is 3. The molecule has 1 saturated heterocycles. The van der Waals surface area contributed by atoms with Gasteiger partial charge in [-0.1, -0.05) is 5.16 Å². The SMILES string of the molecule is CC(C)(c1noc(C2CNC2)n1)n1cccc1. The molecule has 2 aromatic rings. The predicted molar refractivity (Wildman–Crippen MR) is 62.8 cm³/mol. The van der Waals surface area contributed by atoms with E-state index >= 15 is 0 Å². The van der Waals surface area contributed by atoms with E-state index in [2.05, 4.69) is 33.9 Å². The molecule has 0 aromatic carbocycles. The predicted octanol–water partition coefficient (Wildman–Crippen LogP) is 1.34. The molecule has 0 aliphatic carbocycles. The second-order valence-corrected chi connectivity index (χ2v) is 4.96. The van der Waals surface area contributed by atoms with Crippen LogP contribution in [0, 0.1) is 0 Å². The van der Waals surface area contributed by atoms with Gasteiger partial charge >= 0.3 is 0 Å². The third-order valence-corrected chi connectivity index (χ3v) is 3.37. The Morgan fingerprint density at radius 2 is 2.06 bits per heavy atom. The second-order valence-electron chi connectivity index (χ2n) is 4.96. The van der Waals surface area contributed by atoms with Crippen LogP contribution in [-0.2, 0) is 5.54 Å². The van der Waals surface area contributed by atoms with E-state index in [1.807, 2.05) is 24.5 Å². The van der Waals surface area contributed by atoms with E-state index in [0.29, 0.717) is 5.92 Å². The van der Waals surface area contributed by atoms with Crippen molar-refractivity contribution in [2.24, 2.45) is 0 Å². The normalized spacial score (nSPS) is 17.1. The first-order valence-electron chi connectivity index (χ1n) is 5.86. The molecule has 1 aliphatic rings. The third kappa shape index (κ3) is 1.67. The minimum Gasteiger partial charge on any atom is -0.341 e. The molecule has 0 unspecified atom stereocenters. The maximum absolute atomic E-state index is 5.34. The van der Waals surface area contributed by atoms with Crippen LogP contribution in [0.3, 0.4) is 0 Å². The molecule has 90 valence electrons. The minimum atomic E-state index is -0.275. The Kier molecular flexibility index (Phi) is 2.29. The molecule has 1 aliphatic heterocycles. The molecule has 3 heterocycles. The van der Waals surface area contributed by atoms with Crippen molar-refractivity contribution in [3.63, 3.8) is 0 Å². The van der Waals surface area contributed by atoms with Gasteiger partial charge in [0.05, 0.1) is 5.92 Å². The zero-order chi connectivity index (χ0) is 11.9. The lowest BCUT2D eigenvalue weighted by molar-refractivity contribution is 0.299. The van der Waals surface area contributed by atoms with Crippen LogP contribution in [0.1, 0.15) is 31.5 Å². The van der Waals surface area contributed by atoms with Gasteiger partial charge in [-0.15, -0.1) is 0 Å². The fourth-order valence-corrected chi connectivity index (χ4v) is 1.94. The summed E-state index contributed by atoms with van der Waals surface area (Å²) in [5.41, 5.74) is -0.275. The minimum absolute atomic E-state index is 0.275. The van der Waals surface area contributed by atoms with Crippen molar-refractivity contribution >= 4 is 0 Å². The molecule has 0 spiro atoms. The summed E-state index contributed by atoms with van der Waals surface area (Å²) >= 11 is 0. The molecule has 0 saturated carbocycles.